The van der Waals surface area contributed by atoms with Crippen LogP contribution in [0, 0.1) is 0 Å². The van der Waals surface area contributed by atoms with Gasteiger partial charge in [0.2, 0.25) is 12.2 Å². The lowest BCUT2D eigenvalue weighted by molar-refractivity contribution is -0.155. The summed E-state index contributed by atoms with van der Waals surface area (Å²) in [5.74, 6) is -0.278. The number of hydrogen-bond acceptors (Lipinski definition) is 11. The highest BCUT2D eigenvalue weighted by molar-refractivity contribution is 6.34. The fourth-order valence-corrected chi connectivity index (χ4v) is 5.82. The number of rotatable bonds is 9. The van der Waals surface area contributed by atoms with Gasteiger partial charge in [0.1, 0.15) is 55.8 Å². The molecule has 0 aromatic heterocycles. The second kappa shape index (κ2) is 14.2. The van der Waals surface area contributed by atoms with Gasteiger partial charge >= 0.3 is 0 Å². The summed E-state index contributed by atoms with van der Waals surface area (Å²) in [6, 6.07) is 8.21. The summed E-state index contributed by atoms with van der Waals surface area (Å²) in [5, 5.41) is 56.0. The first-order chi connectivity index (χ1) is 21.4. The minimum absolute atomic E-state index is 0.114. The minimum Gasteiger partial charge on any atom is -0.504 e. The Hall–Kier alpha value is -2.91. The lowest BCUT2D eigenvalue weighted by atomic mass is 9.83. The fraction of sp³-hybridized carbons (Fsp3) is 0.452. The van der Waals surface area contributed by atoms with E-state index in [1.165, 1.54) is 25.1 Å². The predicted molar refractivity (Wildman–Crippen MR) is 162 cm³/mol. The van der Waals surface area contributed by atoms with Crippen molar-refractivity contribution in [2.75, 3.05) is 13.4 Å². The summed E-state index contributed by atoms with van der Waals surface area (Å²) >= 11 is 12.1. The molecule has 2 heterocycles. The smallest absolute Gasteiger partial charge is 0.247 e. The van der Waals surface area contributed by atoms with Gasteiger partial charge in [-0.15, -0.1) is 0 Å². The Bertz CT molecular complexity index is 1450. The second-order valence-electron chi connectivity index (χ2n) is 11.1. The molecule has 0 unspecified atom stereocenters. The summed E-state index contributed by atoms with van der Waals surface area (Å²) in [6.45, 7) is 3.35. The Morgan fingerprint density at radius 2 is 1.73 bits per heavy atom. The van der Waals surface area contributed by atoms with Crippen LogP contribution in [0.3, 0.4) is 0 Å². The molecular weight excluding hydrogens is 633 g/mol. The molecule has 1 amide bonds. The number of hydrogen-bond donors (Lipinski definition) is 6. The van der Waals surface area contributed by atoms with Crippen LogP contribution in [-0.4, -0.2) is 99.9 Å². The van der Waals surface area contributed by atoms with Crippen molar-refractivity contribution in [2.45, 2.75) is 75.3 Å². The highest BCUT2D eigenvalue weighted by Crippen LogP contribution is 2.34. The first-order valence-electron chi connectivity index (χ1n) is 14.3. The van der Waals surface area contributed by atoms with E-state index in [1.807, 2.05) is 0 Å². The minimum atomic E-state index is -1.48. The van der Waals surface area contributed by atoms with E-state index in [2.05, 4.69) is 5.32 Å². The average Bonchev–Trinajstić information content (AvgIpc) is 3.64. The van der Waals surface area contributed by atoms with Crippen molar-refractivity contribution >= 4 is 35.2 Å². The highest BCUT2D eigenvalue weighted by atomic mass is 35.5. The van der Waals surface area contributed by atoms with Crippen LogP contribution >= 0.6 is 23.2 Å². The number of nitrogens with one attached hydrogen (secondary N) is 1. The molecule has 12 nitrogen and oxygen atoms in total. The van der Waals surface area contributed by atoms with Crippen LogP contribution in [0.4, 0.5) is 0 Å². The van der Waals surface area contributed by atoms with E-state index < -0.39 is 61.0 Å². The number of ether oxygens (including phenoxy) is 5. The number of phenolic OH excluding ortho intramolecular Hbond substituents is 1. The zero-order valence-electron chi connectivity index (χ0n) is 24.4. The maximum absolute atomic E-state index is 12.9. The lowest BCUT2D eigenvalue weighted by Gasteiger charge is -2.41. The molecule has 244 valence electrons. The molecule has 0 radical (unpaired) electrons. The maximum atomic E-state index is 12.9. The zero-order chi connectivity index (χ0) is 32.4. The molecule has 6 N–H and O–H groups in total. The Morgan fingerprint density at radius 3 is 2.47 bits per heavy atom. The molecule has 1 saturated carbocycles. The quantitative estimate of drug-likeness (QED) is 0.171. The number of halogens is 2. The summed E-state index contributed by atoms with van der Waals surface area (Å²) in [5.41, 5.74) is 1.39. The Balaban J connectivity index is 1.16. The number of carbonyl (C=O) groups is 1. The molecule has 2 saturated heterocycles. The third-order valence-corrected chi connectivity index (χ3v) is 8.50. The van der Waals surface area contributed by atoms with Crippen molar-refractivity contribution in [3.63, 3.8) is 0 Å². The van der Waals surface area contributed by atoms with E-state index in [9.17, 15) is 30.3 Å². The second-order valence-corrected chi connectivity index (χ2v) is 12.0. The SMILES string of the molecule is C/C(=C\c1ccc(O[C@H]2C[C@H](O)[C@@H](/C(C)=C/COc3cc(Cl)ccc3Cl)O2)c(O)c1)C(=O)N[C@@H]1[C@H](O)[C@@H](O)[C@H]2OCO[C@H]2[C@@H]1O. The van der Waals surface area contributed by atoms with Gasteiger partial charge in [0, 0.05) is 23.1 Å². The number of aromatic hydroxyl groups is 1. The van der Waals surface area contributed by atoms with Crippen LogP contribution in [0.15, 0.2) is 53.6 Å². The largest absolute Gasteiger partial charge is 0.504 e. The number of fused-ring (bicyclic) bond motifs is 1. The number of phenols is 1. The van der Waals surface area contributed by atoms with Crippen molar-refractivity contribution in [2.24, 2.45) is 0 Å². The third-order valence-electron chi connectivity index (χ3n) is 7.95. The van der Waals surface area contributed by atoms with Crippen molar-refractivity contribution < 1.29 is 54.0 Å². The van der Waals surface area contributed by atoms with Crippen LogP contribution in [0.2, 0.25) is 10.0 Å². The molecule has 3 aliphatic rings. The van der Waals surface area contributed by atoms with E-state index in [4.69, 9.17) is 46.9 Å². The van der Waals surface area contributed by atoms with Gasteiger partial charge in [0.15, 0.2) is 11.5 Å². The topological polar surface area (TPSA) is 176 Å². The van der Waals surface area contributed by atoms with Gasteiger partial charge in [0.05, 0.1) is 17.2 Å². The average molecular weight is 669 g/mol. The van der Waals surface area contributed by atoms with Crippen LogP contribution in [0.1, 0.15) is 25.8 Å². The first kappa shape index (κ1) is 33.5. The monoisotopic (exact) mass is 667 g/mol. The van der Waals surface area contributed by atoms with Crippen LogP contribution in [0.5, 0.6) is 17.2 Å². The molecular formula is C31H35Cl2NO11. The normalized spacial score (nSPS) is 31.9. The van der Waals surface area contributed by atoms with Crippen LogP contribution in [-0.2, 0) is 19.0 Å². The Kier molecular flexibility index (Phi) is 10.6. The summed E-state index contributed by atoms with van der Waals surface area (Å²) in [4.78, 5) is 12.9. The van der Waals surface area contributed by atoms with Gasteiger partial charge in [0.25, 0.3) is 0 Å². The maximum Gasteiger partial charge on any atom is 0.247 e. The van der Waals surface area contributed by atoms with Crippen molar-refractivity contribution in [1.82, 2.24) is 5.32 Å². The van der Waals surface area contributed by atoms with Gasteiger partial charge in [-0.25, -0.2) is 0 Å². The lowest BCUT2D eigenvalue weighted by Crippen LogP contribution is -2.67. The van der Waals surface area contributed by atoms with E-state index in [0.29, 0.717) is 21.4 Å². The Labute approximate surface area is 269 Å². The summed E-state index contributed by atoms with van der Waals surface area (Å²) in [6.07, 6.45) is -4.85. The molecule has 9 atom stereocenters. The van der Waals surface area contributed by atoms with Gasteiger partial charge < -0.3 is 54.5 Å². The van der Waals surface area contributed by atoms with Gasteiger partial charge in [-0.1, -0.05) is 29.3 Å². The number of benzene rings is 2. The highest BCUT2D eigenvalue weighted by Gasteiger charge is 2.53. The van der Waals surface area contributed by atoms with Crippen molar-refractivity contribution in [1.29, 1.82) is 0 Å². The number of aliphatic hydroxyl groups excluding tert-OH is 4. The number of amides is 1. The zero-order valence-corrected chi connectivity index (χ0v) is 25.9. The Morgan fingerprint density at radius 1 is 1.00 bits per heavy atom. The summed E-state index contributed by atoms with van der Waals surface area (Å²) in [7, 11) is 0. The predicted octanol–water partition coefficient (Wildman–Crippen LogP) is 2.30. The van der Waals surface area contributed by atoms with E-state index in [1.54, 1.807) is 37.3 Å². The standard InChI is InChI=1S/C31H35Cl2NO11/c1-14(7-8-41-22-11-17(32)4-5-18(22)33)28-20(36)12-23(45-28)44-21-6-3-16(10-19(21)35)9-15(2)31(40)34-24-25(37)27(39)30-29(26(24)38)42-13-43-30/h3-7,9-11,20,23-30,35-39H,8,12-13H2,1-2H3,(H,34,40)/b14-7+,15-9+/t20-,23+,24+,25-,26+,27+,28+,29-,30+/m0/s1. The van der Waals surface area contributed by atoms with Crippen LogP contribution < -0.4 is 14.8 Å². The molecule has 3 fully saturated rings. The number of carbonyl (C=O) groups excluding carboxylic acids is 1. The molecule has 2 aliphatic heterocycles. The van der Waals surface area contributed by atoms with Crippen molar-refractivity contribution in [3.05, 3.63) is 69.2 Å². The van der Waals surface area contributed by atoms with E-state index in [0.717, 1.165) is 5.57 Å². The molecule has 0 spiro atoms. The van der Waals surface area contributed by atoms with Crippen molar-refractivity contribution in [3.8, 4) is 17.2 Å². The molecule has 2 aromatic carbocycles. The summed E-state index contributed by atoms with van der Waals surface area (Å²) < 4.78 is 27.9. The van der Waals surface area contributed by atoms with Gasteiger partial charge in [-0.3, -0.25) is 4.79 Å². The molecule has 2 aromatic rings. The number of aliphatic hydroxyl groups is 4. The van der Waals surface area contributed by atoms with Gasteiger partial charge in [-0.05, 0) is 61.4 Å². The first-order valence-corrected chi connectivity index (χ1v) is 15.0. The van der Waals surface area contributed by atoms with Crippen LogP contribution in [0.25, 0.3) is 6.08 Å². The van der Waals surface area contributed by atoms with E-state index >= 15 is 0 Å². The molecule has 14 heteroatoms. The molecule has 45 heavy (non-hydrogen) atoms. The van der Waals surface area contributed by atoms with Gasteiger partial charge in [-0.2, -0.15) is 0 Å². The fourth-order valence-electron chi connectivity index (χ4n) is 5.49. The molecule has 0 bridgehead atoms. The third kappa shape index (κ3) is 7.57. The molecule has 5 rings (SSSR count). The molecule has 1 aliphatic carbocycles. The van der Waals surface area contributed by atoms with E-state index in [-0.39, 0.29) is 36.9 Å².